The van der Waals surface area contributed by atoms with Gasteiger partial charge in [-0.3, -0.25) is 4.72 Å². The van der Waals surface area contributed by atoms with Gasteiger partial charge in [0.25, 0.3) is 0 Å². The Morgan fingerprint density at radius 3 is 2.74 bits per heavy atom. The summed E-state index contributed by atoms with van der Waals surface area (Å²) in [6.07, 6.45) is 0. The largest absolute Gasteiger partial charge is 0.495 e. The molecule has 1 aromatic carbocycles. The molecule has 0 atom stereocenters. The number of ether oxygens (including phenoxy) is 2. The molecule has 19 heavy (non-hydrogen) atoms. The van der Waals surface area contributed by atoms with E-state index in [-0.39, 0.29) is 12.4 Å². The molecule has 0 saturated carbocycles. The van der Waals surface area contributed by atoms with E-state index in [4.69, 9.17) is 14.7 Å². The number of rotatable bonds is 7. The number of sulfonamides is 1. The van der Waals surface area contributed by atoms with E-state index in [1.807, 2.05) is 6.07 Å². The number of nitrogens with one attached hydrogen (secondary N) is 1. The molecular weight excluding hydrogens is 268 g/mol. The lowest BCUT2D eigenvalue weighted by molar-refractivity contribution is 0.163. The molecule has 0 heterocycles. The molecule has 0 spiro atoms. The first kappa shape index (κ1) is 15.3. The highest BCUT2D eigenvalue weighted by molar-refractivity contribution is 7.92. The molecule has 104 valence electrons. The number of nitrogens with zero attached hydrogens (tertiary/aromatic N) is 1. The van der Waals surface area contributed by atoms with Crippen molar-refractivity contribution < 1.29 is 17.9 Å². The monoisotopic (exact) mass is 284 g/mol. The molecule has 1 N–H and O–H groups in total. The first-order valence-electron chi connectivity index (χ1n) is 5.68. The molecule has 0 saturated heterocycles. The fraction of sp³-hybridized carbons (Fsp3) is 0.417. The average molecular weight is 284 g/mol. The van der Waals surface area contributed by atoms with Crippen molar-refractivity contribution in [2.24, 2.45) is 0 Å². The van der Waals surface area contributed by atoms with Crippen LogP contribution >= 0.6 is 0 Å². The van der Waals surface area contributed by atoms with Crippen LogP contribution in [0.4, 0.5) is 5.69 Å². The lowest BCUT2D eigenvalue weighted by Gasteiger charge is -2.11. The maximum absolute atomic E-state index is 11.8. The van der Waals surface area contributed by atoms with Crippen LogP contribution < -0.4 is 9.46 Å². The van der Waals surface area contributed by atoms with Crippen LogP contribution in [0.5, 0.6) is 5.75 Å². The lowest BCUT2D eigenvalue weighted by Crippen LogP contribution is -2.20. The second-order valence-electron chi connectivity index (χ2n) is 3.64. The van der Waals surface area contributed by atoms with Gasteiger partial charge >= 0.3 is 0 Å². The fourth-order valence-electron chi connectivity index (χ4n) is 1.38. The minimum absolute atomic E-state index is 0.129. The van der Waals surface area contributed by atoms with Crippen molar-refractivity contribution >= 4 is 15.7 Å². The zero-order valence-corrected chi connectivity index (χ0v) is 11.7. The average Bonchev–Trinajstić information content (AvgIpc) is 2.39. The van der Waals surface area contributed by atoms with E-state index in [0.717, 1.165) is 0 Å². The summed E-state index contributed by atoms with van der Waals surface area (Å²) < 4.78 is 36.0. The van der Waals surface area contributed by atoms with Crippen LogP contribution in [-0.2, 0) is 14.8 Å². The van der Waals surface area contributed by atoms with Crippen molar-refractivity contribution in [1.29, 1.82) is 5.26 Å². The molecule has 0 fully saturated rings. The molecule has 1 aromatic rings. The van der Waals surface area contributed by atoms with Crippen molar-refractivity contribution in [3.63, 3.8) is 0 Å². The SMILES string of the molecule is CCOCCS(=O)(=O)Nc1ccc(C#N)cc1OC. The van der Waals surface area contributed by atoms with Gasteiger partial charge in [-0.25, -0.2) is 8.42 Å². The predicted octanol–water partition coefficient (Wildman–Crippen LogP) is 1.35. The van der Waals surface area contributed by atoms with Crippen LogP contribution in [0.2, 0.25) is 0 Å². The molecule has 7 heteroatoms. The molecule has 0 amide bonds. The van der Waals surface area contributed by atoms with Gasteiger partial charge in [0, 0.05) is 12.7 Å². The van der Waals surface area contributed by atoms with Crippen molar-refractivity contribution in [3.8, 4) is 11.8 Å². The summed E-state index contributed by atoms with van der Waals surface area (Å²) in [5, 5.41) is 8.76. The van der Waals surface area contributed by atoms with Crippen LogP contribution in [0.25, 0.3) is 0 Å². The third-order valence-corrected chi connectivity index (χ3v) is 3.53. The van der Waals surface area contributed by atoms with Crippen LogP contribution in [0.1, 0.15) is 12.5 Å². The van der Waals surface area contributed by atoms with E-state index in [1.165, 1.54) is 25.3 Å². The van der Waals surface area contributed by atoms with E-state index in [2.05, 4.69) is 4.72 Å². The lowest BCUT2D eigenvalue weighted by atomic mass is 10.2. The van der Waals surface area contributed by atoms with Crippen LogP contribution in [-0.4, -0.2) is 34.5 Å². The van der Waals surface area contributed by atoms with Gasteiger partial charge in [0.05, 0.1) is 36.8 Å². The molecule has 0 aliphatic heterocycles. The molecule has 0 radical (unpaired) electrons. The van der Waals surface area contributed by atoms with Crippen molar-refractivity contribution in [2.45, 2.75) is 6.92 Å². The standard InChI is InChI=1S/C12H16N2O4S/c1-3-18-6-7-19(15,16)14-11-5-4-10(9-13)8-12(11)17-2/h4-5,8,14H,3,6-7H2,1-2H3. The van der Waals surface area contributed by atoms with Gasteiger partial charge in [-0.05, 0) is 19.1 Å². The Morgan fingerprint density at radius 1 is 1.42 bits per heavy atom. The maximum Gasteiger partial charge on any atom is 0.235 e. The second-order valence-corrected chi connectivity index (χ2v) is 5.49. The molecule has 0 bridgehead atoms. The van der Waals surface area contributed by atoms with E-state index in [1.54, 1.807) is 6.92 Å². The normalized spacial score (nSPS) is 10.8. The number of nitriles is 1. The molecule has 0 aliphatic carbocycles. The number of hydrogen-bond acceptors (Lipinski definition) is 5. The fourth-order valence-corrected chi connectivity index (χ4v) is 2.32. The second kappa shape index (κ2) is 6.97. The van der Waals surface area contributed by atoms with Crippen molar-refractivity contribution in [1.82, 2.24) is 0 Å². The highest BCUT2D eigenvalue weighted by Gasteiger charge is 2.13. The highest BCUT2D eigenvalue weighted by atomic mass is 32.2. The van der Waals surface area contributed by atoms with Crippen LogP contribution in [0.3, 0.4) is 0 Å². The van der Waals surface area contributed by atoms with Gasteiger partial charge in [0.15, 0.2) is 0 Å². The quantitative estimate of drug-likeness (QED) is 0.763. The molecule has 1 rings (SSSR count). The number of methoxy groups -OCH3 is 1. The maximum atomic E-state index is 11.8. The minimum atomic E-state index is -3.50. The van der Waals surface area contributed by atoms with Crippen LogP contribution in [0, 0.1) is 11.3 Å². The van der Waals surface area contributed by atoms with Gasteiger partial charge in [-0.1, -0.05) is 0 Å². The Hall–Kier alpha value is -1.78. The van der Waals surface area contributed by atoms with Gasteiger partial charge in [-0.2, -0.15) is 5.26 Å². The Bertz CT molecular complexity index is 564. The third-order valence-electron chi connectivity index (χ3n) is 2.30. The van der Waals surface area contributed by atoms with Gasteiger partial charge in [0.1, 0.15) is 5.75 Å². The summed E-state index contributed by atoms with van der Waals surface area (Å²) in [7, 11) is -2.09. The summed E-state index contributed by atoms with van der Waals surface area (Å²) >= 11 is 0. The first-order valence-corrected chi connectivity index (χ1v) is 7.34. The van der Waals surface area contributed by atoms with E-state index in [0.29, 0.717) is 23.6 Å². The van der Waals surface area contributed by atoms with Crippen molar-refractivity contribution in [3.05, 3.63) is 23.8 Å². The van der Waals surface area contributed by atoms with Crippen LogP contribution in [0.15, 0.2) is 18.2 Å². The summed E-state index contributed by atoms with van der Waals surface area (Å²) in [5.74, 6) is 0.170. The highest BCUT2D eigenvalue weighted by Crippen LogP contribution is 2.26. The molecule has 6 nitrogen and oxygen atoms in total. The zero-order chi connectivity index (χ0) is 14.3. The predicted molar refractivity (Wildman–Crippen MR) is 71.6 cm³/mol. The van der Waals surface area contributed by atoms with Crippen molar-refractivity contribution in [2.75, 3.05) is 30.8 Å². The first-order chi connectivity index (χ1) is 9.02. The topological polar surface area (TPSA) is 88.4 Å². The minimum Gasteiger partial charge on any atom is -0.495 e. The Morgan fingerprint density at radius 2 is 2.16 bits per heavy atom. The van der Waals surface area contributed by atoms with Gasteiger partial charge in [-0.15, -0.1) is 0 Å². The van der Waals surface area contributed by atoms with E-state index in [9.17, 15) is 8.42 Å². The summed E-state index contributed by atoms with van der Waals surface area (Å²) in [4.78, 5) is 0. The molecule has 0 aliphatic rings. The smallest absolute Gasteiger partial charge is 0.235 e. The van der Waals surface area contributed by atoms with E-state index >= 15 is 0 Å². The zero-order valence-electron chi connectivity index (χ0n) is 10.8. The van der Waals surface area contributed by atoms with E-state index < -0.39 is 10.0 Å². The number of hydrogen-bond donors (Lipinski definition) is 1. The summed E-state index contributed by atoms with van der Waals surface area (Å²) in [6.45, 7) is 2.39. The Labute approximate surface area is 113 Å². The van der Waals surface area contributed by atoms with Gasteiger partial charge < -0.3 is 9.47 Å². The Kier molecular flexibility index (Phi) is 5.60. The molecule has 0 unspecified atom stereocenters. The van der Waals surface area contributed by atoms with Gasteiger partial charge in [0.2, 0.25) is 10.0 Å². The molecule has 0 aromatic heterocycles. The third kappa shape index (κ3) is 4.77. The number of benzene rings is 1. The summed E-state index contributed by atoms with van der Waals surface area (Å²) in [5.41, 5.74) is 0.701. The Balaban J connectivity index is 2.84. The molecular formula is C12H16N2O4S. The number of anilines is 1. The summed E-state index contributed by atoms with van der Waals surface area (Å²) in [6, 6.07) is 6.44.